The highest BCUT2D eigenvalue weighted by molar-refractivity contribution is 6.30. The predicted octanol–water partition coefficient (Wildman–Crippen LogP) is 3.20. The van der Waals surface area contributed by atoms with Crippen molar-refractivity contribution in [3.8, 4) is 5.75 Å². The molecule has 0 N–H and O–H groups in total. The Hall–Kier alpha value is -3.13. The van der Waals surface area contributed by atoms with Crippen LogP contribution in [0.1, 0.15) is 34.6 Å². The van der Waals surface area contributed by atoms with Gasteiger partial charge < -0.3 is 14.5 Å². The Morgan fingerprint density at radius 3 is 2.86 bits per heavy atom. The summed E-state index contributed by atoms with van der Waals surface area (Å²) in [5, 5.41) is 4.76. The van der Waals surface area contributed by atoms with E-state index in [1.165, 1.54) is 15.6 Å². The highest BCUT2D eigenvalue weighted by Gasteiger charge is 2.31. The van der Waals surface area contributed by atoms with Crippen molar-refractivity contribution >= 4 is 29.2 Å². The van der Waals surface area contributed by atoms with E-state index in [0.29, 0.717) is 35.1 Å². The molecule has 0 aliphatic carbocycles. The Bertz CT molecular complexity index is 1110. The second kappa shape index (κ2) is 7.36. The van der Waals surface area contributed by atoms with Crippen LogP contribution in [0.4, 0.5) is 4.79 Å². The summed E-state index contributed by atoms with van der Waals surface area (Å²) in [5.41, 5.74) is 2.77. The largest absolute Gasteiger partial charge is 0.414 e. The van der Waals surface area contributed by atoms with Gasteiger partial charge in [0.1, 0.15) is 5.75 Å². The fourth-order valence-electron chi connectivity index (χ4n) is 3.50. The second-order valence-corrected chi connectivity index (χ2v) is 7.55. The van der Waals surface area contributed by atoms with Crippen molar-refractivity contribution < 1.29 is 14.3 Å². The molecule has 1 aromatic carbocycles. The molecule has 1 aliphatic rings. The van der Waals surface area contributed by atoms with Crippen LogP contribution in [0.15, 0.2) is 36.7 Å². The number of carbonyl (C=O) groups is 2. The standard InChI is InChI=1S/C20H20ClN5O3/c1-12-14-5-4-6-17(29-20(28)24(2)3)15(14)7-8-25(12)19(27)16-9-18-22-10-13(21)11-26(18)23-16/h4-6,9-12H,7-8H2,1-3H3. The molecule has 1 aliphatic heterocycles. The van der Waals surface area contributed by atoms with Crippen LogP contribution in [0.25, 0.3) is 5.65 Å². The first-order chi connectivity index (χ1) is 13.8. The van der Waals surface area contributed by atoms with Gasteiger partial charge in [0.25, 0.3) is 5.91 Å². The maximum Gasteiger partial charge on any atom is 0.414 e. The molecule has 8 nitrogen and oxygen atoms in total. The van der Waals surface area contributed by atoms with E-state index in [2.05, 4.69) is 10.1 Å². The maximum atomic E-state index is 13.1. The Balaban J connectivity index is 1.62. The van der Waals surface area contributed by atoms with Crippen molar-refractivity contribution in [3.05, 3.63) is 58.5 Å². The summed E-state index contributed by atoms with van der Waals surface area (Å²) in [6.07, 6.45) is 3.28. The lowest BCUT2D eigenvalue weighted by Crippen LogP contribution is -2.39. The van der Waals surface area contributed by atoms with Crippen LogP contribution in [0.2, 0.25) is 5.02 Å². The van der Waals surface area contributed by atoms with Gasteiger partial charge in [0.2, 0.25) is 0 Å². The van der Waals surface area contributed by atoms with E-state index < -0.39 is 6.09 Å². The highest BCUT2D eigenvalue weighted by Crippen LogP contribution is 2.35. The summed E-state index contributed by atoms with van der Waals surface area (Å²) in [7, 11) is 3.27. The number of fused-ring (bicyclic) bond motifs is 2. The van der Waals surface area contributed by atoms with Gasteiger partial charge in [0.15, 0.2) is 11.3 Å². The molecule has 0 fully saturated rings. The number of rotatable bonds is 2. The highest BCUT2D eigenvalue weighted by atomic mass is 35.5. The second-order valence-electron chi connectivity index (χ2n) is 7.12. The molecule has 9 heteroatoms. The van der Waals surface area contributed by atoms with Crippen molar-refractivity contribution in [2.75, 3.05) is 20.6 Å². The number of hydrogen-bond acceptors (Lipinski definition) is 5. The molecule has 1 atom stereocenters. The lowest BCUT2D eigenvalue weighted by Gasteiger charge is -2.35. The Morgan fingerprint density at radius 2 is 2.10 bits per heavy atom. The van der Waals surface area contributed by atoms with E-state index in [-0.39, 0.29) is 11.9 Å². The number of hydrogen-bond donors (Lipinski definition) is 0. The van der Waals surface area contributed by atoms with Gasteiger partial charge in [-0.1, -0.05) is 23.7 Å². The lowest BCUT2D eigenvalue weighted by atomic mass is 9.92. The lowest BCUT2D eigenvalue weighted by molar-refractivity contribution is 0.0669. The number of aromatic nitrogens is 3. The number of amides is 2. The Kier molecular flexibility index (Phi) is 4.87. The number of nitrogens with zero attached hydrogens (tertiary/aromatic N) is 5. The molecule has 0 saturated heterocycles. The fraction of sp³-hybridized carbons (Fsp3) is 0.300. The van der Waals surface area contributed by atoms with Crippen LogP contribution in [-0.4, -0.2) is 57.0 Å². The molecular weight excluding hydrogens is 394 g/mol. The topological polar surface area (TPSA) is 80.0 Å². The quantitative estimate of drug-likeness (QED) is 0.644. The number of benzene rings is 1. The zero-order valence-corrected chi connectivity index (χ0v) is 17.1. The fourth-order valence-corrected chi connectivity index (χ4v) is 3.64. The van der Waals surface area contributed by atoms with Crippen molar-refractivity contribution in [1.82, 2.24) is 24.4 Å². The van der Waals surface area contributed by atoms with Crippen molar-refractivity contribution in [2.45, 2.75) is 19.4 Å². The first kappa shape index (κ1) is 19.2. The van der Waals surface area contributed by atoms with Gasteiger partial charge in [-0.25, -0.2) is 14.3 Å². The maximum absolute atomic E-state index is 13.1. The molecule has 0 spiro atoms. The molecule has 2 aromatic heterocycles. The molecule has 0 radical (unpaired) electrons. The molecule has 4 rings (SSSR count). The smallest absolute Gasteiger partial charge is 0.410 e. The molecule has 0 bridgehead atoms. The summed E-state index contributed by atoms with van der Waals surface area (Å²) in [6, 6.07) is 7.03. The molecule has 29 heavy (non-hydrogen) atoms. The molecule has 2 amide bonds. The van der Waals surface area contributed by atoms with Gasteiger partial charge in [-0.3, -0.25) is 4.79 Å². The number of carbonyl (C=O) groups excluding carboxylic acids is 2. The molecular formula is C20H20ClN5O3. The summed E-state index contributed by atoms with van der Waals surface area (Å²) in [6.45, 7) is 2.45. The van der Waals surface area contributed by atoms with E-state index in [1.54, 1.807) is 37.3 Å². The van der Waals surface area contributed by atoms with E-state index in [1.807, 2.05) is 19.1 Å². The SMILES string of the molecule is CC1c2cccc(OC(=O)N(C)C)c2CCN1C(=O)c1cc2ncc(Cl)cn2n1. The molecule has 150 valence electrons. The van der Waals surface area contributed by atoms with Gasteiger partial charge in [-0.05, 0) is 25.0 Å². The van der Waals surface area contributed by atoms with Crippen molar-refractivity contribution in [1.29, 1.82) is 0 Å². The third-order valence-electron chi connectivity index (χ3n) is 5.01. The van der Waals surface area contributed by atoms with Gasteiger partial charge >= 0.3 is 6.09 Å². The van der Waals surface area contributed by atoms with E-state index in [0.717, 1.165) is 11.1 Å². The van der Waals surface area contributed by atoms with E-state index in [9.17, 15) is 9.59 Å². The van der Waals surface area contributed by atoms with Crippen LogP contribution in [0.3, 0.4) is 0 Å². The van der Waals surface area contributed by atoms with E-state index in [4.69, 9.17) is 16.3 Å². The van der Waals surface area contributed by atoms with Crippen LogP contribution < -0.4 is 4.74 Å². The van der Waals surface area contributed by atoms with Gasteiger partial charge in [0.05, 0.1) is 17.3 Å². The number of halogens is 1. The zero-order valence-electron chi connectivity index (χ0n) is 16.3. The third kappa shape index (κ3) is 3.51. The summed E-state index contributed by atoms with van der Waals surface area (Å²) >= 11 is 5.95. The minimum Gasteiger partial charge on any atom is -0.410 e. The molecule has 0 saturated carbocycles. The van der Waals surface area contributed by atoms with E-state index >= 15 is 0 Å². The average molecular weight is 414 g/mol. The Morgan fingerprint density at radius 1 is 1.31 bits per heavy atom. The van der Waals surface area contributed by atoms with Crippen LogP contribution >= 0.6 is 11.6 Å². The Labute approximate surface area is 172 Å². The summed E-state index contributed by atoms with van der Waals surface area (Å²) in [4.78, 5) is 32.4. The first-order valence-electron chi connectivity index (χ1n) is 9.18. The number of ether oxygens (including phenoxy) is 1. The summed E-state index contributed by atoms with van der Waals surface area (Å²) < 4.78 is 7.00. The zero-order chi connectivity index (χ0) is 20.7. The average Bonchev–Trinajstić information content (AvgIpc) is 3.11. The van der Waals surface area contributed by atoms with Crippen LogP contribution in [-0.2, 0) is 6.42 Å². The van der Waals surface area contributed by atoms with Crippen LogP contribution in [0, 0.1) is 0 Å². The van der Waals surface area contributed by atoms with Crippen LogP contribution in [0.5, 0.6) is 5.75 Å². The third-order valence-corrected chi connectivity index (χ3v) is 5.21. The van der Waals surface area contributed by atoms with Gasteiger partial charge in [0, 0.05) is 38.5 Å². The normalized spacial score (nSPS) is 15.9. The molecule has 3 heterocycles. The minimum atomic E-state index is -0.430. The predicted molar refractivity (Wildman–Crippen MR) is 107 cm³/mol. The van der Waals surface area contributed by atoms with Crippen molar-refractivity contribution in [2.24, 2.45) is 0 Å². The minimum absolute atomic E-state index is 0.180. The molecule has 3 aromatic rings. The molecule has 1 unspecified atom stereocenters. The van der Waals surface area contributed by atoms with Gasteiger partial charge in [-0.2, -0.15) is 5.10 Å². The first-order valence-corrected chi connectivity index (χ1v) is 9.56. The monoisotopic (exact) mass is 413 g/mol. The van der Waals surface area contributed by atoms with Gasteiger partial charge in [-0.15, -0.1) is 0 Å². The van der Waals surface area contributed by atoms with Crippen molar-refractivity contribution in [3.63, 3.8) is 0 Å². The summed E-state index contributed by atoms with van der Waals surface area (Å²) in [5.74, 6) is 0.354.